The van der Waals surface area contributed by atoms with Crippen molar-refractivity contribution in [3.63, 3.8) is 0 Å². The Morgan fingerprint density at radius 3 is 2.41 bits per heavy atom. The van der Waals surface area contributed by atoms with Gasteiger partial charge >= 0.3 is 0 Å². The number of nitrogens with one attached hydrogen (secondary N) is 1. The van der Waals surface area contributed by atoms with Gasteiger partial charge in [0.15, 0.2) is 17.3 Å². The Hall–Kier alpha value is -3.83. The summed E-state index contributed by atoms with van der Waals surface area (Å²) in [6, 6.07) is 19.8. The molecule has 0 saturated carbocycles. The predicted molar refractivity (Wildman–Crippen MR) is 128 cm³/mol. The zero-order chi connectivity index (χ0) is 22.7. The number of H-pyrrole nitrogens is 1. The average Bonchev–Trinajstić information content (AvgIpc) is 2.82. The molecule has 0 aliphatic heterocycles. The molecule has 0 aliphatic carbocycles. The number of pyridine rings is 1. The van der Waals surface area contributed by atoms with Crippen LogP contribution < -0.4 is 15.0 Å². The normalized spacial score (nSPS) is 11.1. The molecule has 32 heavy (non-hydrogen) atoms. The van der Waals surface area contributed by atoms with Crippen molar-refractivity contribution in [3.05, 3.63) is 99.3 Å². The minimum atomic E-state index is -0.458. The number of aromatic nitrogens is 1. The Bertz CT molecular complexity index is 1390. The molecule has 4 rings (SSSR count). The van der Waals surface area contributed by atoms with Crippen LogP contribution in [0.25, 0.3) is 28.1 Å². The van der Waals surface area contributed by atoms with Crippen LogP contribution in [-0.2, 0) is 0 Å². The molecule has 1 heterocycles. The Kier molecular flexibility index (Phi) is 6.10. The van der Waals surface area contributed by atoms with Gasteiger partial charge in [-0.25, -0.2) is 0 Å². The molecule has 0 radical (unpaired) electrons. The molecule has 0 spiro atoms. The largest absolute Gasteiger partial charge is 0.493 e. The first kappa shape index (κ1) is 21.4. The van der Waals surface area contributed by atoms with Crippen molar-refractivity contribution in [1.82, 2.24) is 4.98 Å². The SMILES string of the molecule is COc1ccc(C=CC(=O)c2c(-c3ccccc3)c3cc(Cl)ccc3[nH]c2=O)cc1OC. The van der Waals surface area contributed by atoms with Crippen molar-refractivity contribution in [3.8, 4) is 22.6 Å². The van der Waals surface area contributed by atoms with Crippen molar-refractivity contribution < 1.29 is 14.3 Å². The van der Waals surface area contributed by atoms with E-state index < -0.39 is 11.3 Å². The number of fused-ring (bicyclic) bond motifs is 1. The van der Waals surface area contributed by atoms with Crippen LogP contribution in [0.15, 0.2) is 77.6 Å². The highest BCUT2D eigenvalue weighted by Gasteiger charge is 2.19. The number of rotatable bonds is 6. The van der Waals surface area contributed by atoms with Crippen LogP contribution in [0.3, 0.4) is 0 Å². The van der Waals surface area contributed by atoms with Crippen LogP contribution in [0.1, 0.15) is 15.9 Å². The van der Waals surface area contributed by atoms with Crippen LogP contribution in [-0.4, -0.2) is 25.0 Å². The van der Waals surface area contributed by atoms with Crippen molar-refractivity contribution in [2.24, 2.45) is 0 Å². The Morgan fingerprint density at radius 2 is 1.69 bits per heavy atom. The Labute approximate surface area is 189 Å². The molecule has 0 atom stereocenters. The van der Waals surface area contributed by atoms with Gasteiger partial charge < -0.3 is 14.5 Å². The molecule has 0 saturated heterocycles. The second-order valence-electron chi connectivity index (χ2n) is 7.07. The van der Waals surface area contributed by atoms with E-state index in [4.69, 9.17) is 21.1 Å². The maximum absolute atomic E-state index is 13.2. The number of carbonyl (C=O) groups excluding carboxylic acids is 1. The third-order valence-corrected chi connectivity index (χ3v) is 5.35. The van der Waals surface area contributed by atoms with Gasteiger partial charge in [-0.15, -0.1) is 0 Å². The first-order valence-electron chi connectivity index (χ1n) is 9.87. The van der Waals surface area contributed by atoms with Crippen molar-refractivity contribution in [1.29, 1.82) is 0 Å². The summed E-state index contributed by atoms with van der Waals surface area (Å²) in [5.74, 6) is 0.720. The van der Waals surface area contributed by atoms with Crippen LogP contribution in [0, 0.1) is 0 Å². The lowest BCUT2D eigenvalue weighted by Gasteiger charge is -2.12. The smallest absolute Gasteiger partial charge is 0.260 e. The van der Waals surface area contributed by atoms with Crippen LogP contribution in [0.4, 0.5) is 0 Å². The highest BCUT2D eigenvalue weighted by atomic mass is 35.5. The number of benzene rings is 3. The number of ether oxygens (including phenoxy) is 2. The zero-order valence-electron chi connectivity index (χ0n) is 17.5. The predicted octanol–water partition coefficient (Wildman–Crippen LogP) is 5.76. The van der Waals surface area contributed by atoms with Crippen molar-refractivity contribution >= 4 is 34.4 Å². The maximum Gasteiger partial charge on any atom is 0.260 e. The number of methoxy groups -OCH3 is 2. The summed E-state index contributed by atoms with van der Waals surface area (Å²) in [6.07, 6.45) is 3.02. The molecule has 1 N–H and O–H groups in total. The van der Waals surface area contributed by atoms with E-state index in [0.717, 1.165) is 11.1 Å². The number of allylic oxidation sites excluding steroid dienone is 1. The fourth-order valence-corrected chi connectivity index (χ4v) is 3.79. The van der Waals surface area contributed by atoms with Crippen LogP contribution >= 0.6 is 11.6 Å². The summed E-state index contributed by atoms with van der Waals surface area (Å²) in [4.78, 5) is 29.0. The molecule has 3 aromatic carbocycles. The Morgan fingerprint density at radius 1 is 0.938 bits per heavy atom. The quantitative estimate of drug-likeness (QED) is 0.302. The maximum atomic E-state index is 13.2. The van der Waals surface area contributed by atoms with Crippen LogP contribution in [0.2, 0.25) is 5.02 Å². The number of hydrogen-bond donors (Lipinski definition) is 1. The molecule has 0 aliphatic rings. The van der Waals surface area contributed by atoms with E-state index in [1.807, 2.05) is 30.3 Å². The molecular weight excluding hydrogens is 426 g/mol. The van der Waals surface area contributed by atoms with E-state index in [1.165, 1.54) is 6.08 Å². The molecule has 0 fully saturated rings. The van der Waals surface area contributed by atoms with Gasteiger partial charge in [-0.2, -0.15) is 0 Å². The lowest BCUT2D eigenvalue weighted by atomic mass is 9.94. The molecule has 0 amide bonds. The lowest BCUT2D eigenvalue weighted by molar-refractivity contribution is 0.104. The van der Waals surface area contributed by atoms with E-state index in [0.29, 0.717) is 33.0 Å². The summed E-state index contributed by atoms with van der Waals surface area (Å²) >= 11 is 6.23. The van der Waals surface area contributed by atoms with Gasteiger partial charge in [-0.3, -0.25) is 9.59 Å². The minimum Gasteiger partial charge on any atom is -0.493 e. The van der Waals surface area contributed by atoms with Gasteiger partial charge in [0, 0.05) is 21.5 Å². The van der Waals surface area contributed by atoms with Crippen LogP contribution in [0.5, 0.6) is 11.5 Å². The summed E-state index contributed by atoms with van der Waals surface area (Å²) in [5.41, 5.74) is 2.25. The standard InChI is InChI=1S/C26H20ClNO4/c1-31-22-13-9-16(14-23(22)32-2)8-12-21(29)25-24(17-6-4-3-5-7-17)19-15-18(27)10-11-20(19)28-26(25)30/h3-15H,1-2H3,(H,28,30). The second kappa shape index (κ2) is 9.12. The topological polar surface area (TPSA) is 68.4 Å². The number of hydrogen-bond acceptors (Lipinski definition) is 4. The van der Waals surface area contributed by atoms with Crippen molar-refractivity contribution in [2.45, 2.75) is 0 Å². The van der Waals surface area contributed by atoms with E-state index in [9.17, 15) is 9.59 Å². The van der Waals surface area contributed by atoms with Gasteiger partial charge in [0.05, 0.1) is 19.8 Å². The highest BCUT2D eigenvalue weighted by molar-refractivity contribution is 6.31. The van der Waals surface area contributed by atoms with E-state index in [1.54, 1.807) is 56.7 Å². The van der Waals surface area contributed by atoms with Gasteiger partial charge in [-0.05, 0) is 47.5 Å². The summed E-state index contributed by atoms with van der Waals surface area (Å²) in [6.45, 7) is 0. The average molecular weight is 446 g/mol. The number of aromatic amines is 1. The first-order chi connectivity index (χ1) is 15.5. The van der Waals surface area contributed by atoms with E-state index in [2.05, 4.69) is 4.98 Å². The molecule has 0 bridgehead atoms. The molecule has 160 valence electrons. The van der Waals surface area contributed by atoms with Gasteiger partial charge in [0.2, 0.25) is 0 Å². The van der Waals surface area contributed by atoms with Crippen molar-refractivity contribution in [2.75, 3.05) is 14.2 Å². The number of ketones is 1. The number of carbonyl (C=O) groups is 1. The second-order valence-corrected chi connectivity index (χ2v) is 7.51. The summed E-state index contributed by atoms with van der Waals surface area (Å²) in [7, 11) is 3.10. The van der Waals surface area contributed by atoms with Gasteiger partial charge in [-0.1, -0.05) is 54.1 Å². The minimum absolute atomic E-state index is 0.0580. The monoisotopic (exact) mass is 445 g/mol. The summed E-state index contributed by atoms with van der Waals surface area (Å²) < 4.78 is 10.6. The molecule has 5 nitrogen and oxygen atoms in total. The van der Waals surface area contributed by atoms with E-state index >= 15 is 0 Å². The molecule has 0 unspecified atom stereocenters. The molecular formula is C26H20ClNO4. The summed E-state index contributed by atoms with van der Waals surface area (Å²) in [5, 5.41) is 1.21. The van der Waals surface area contributed by atoms with E-state index in [-0.39, 0.29) is 5.56 Å². The zero-order valence-corrected chi connectivity index (χ0v) is 18.3. The highest BCUT2D eigenvalue weighted by Crippen LogP contribution is 2.32. The Balaban J connectivity index is 1.85. The van der Waals surface area contributed by atoms with Gasteiger partial charge in [0.25, 0.3) is 5.56 Å². The first-order valence-corrected chi connectivity index (χ1v) is 10.2. The lowest BCUT2D eigenvalue weighted by Crippen LogP contribution is -2.18. The third-order valence-electron chi connectivity index (χ3n) is 5.12. The fourth-order valence-electron chi connectivity index (χ4n) is 3.62. The fraction of sp³-hybridized carbons (Fsp3) is 0.0769. The molecule has 1 aromatic heterocycles. The third kappa shape index (κ3) is 4.15. The molecule has 4 aromatic rings. The number of halogens is 1. The van der Waals surface area contributed by atoms with Gasteiger partial charge in [0.1, 0.15) is 0 Å². The molecule has 6 heteroatoms.